The maximum absolute atomic E-state index is 12.7. The molecule has 1 saturated heterocycles. The molecule has 1 amide bonds. The molecule has 1 heterocycles. The van der Waals surface area contributed by atoms with Gasteiger partial charge in [0, 0.05) is 12.6 Å². The summed E-state index contributed by atoms with van der Waals surface area (Å²) in [6.45, 7) is 6.09. The SMILES string of the molecule is CCC(CC)(C(=O)NC1CCNC1)c1ccccc1. The van der Waals surface area contributed by atoms with E-state index in [4.69, 9.17) is 0 Å². The normalized spacial score (nSPS) is 19.4. The zero-order valence-electron chi connectivity index (χ0n) is 11.9. The molecule has 0 saturated carbocycles. The van der Waals surface area contributed by atoms with Gasteiger partial charge in [-0.2, -0.15) is 0 Å². The minimum atomic E-state index is -0.385. The average Bonchev–Trinajstić information content (AvgIpc) is 2.95. The van der Waals surface area contributed by atoms with Crippen LogP contribution in [0.3, 0.4) is 0 Å². The summed E-state index contributed by atoms with van der Waals surface area (Å²) in [5.74, 6) is 0.178. The van der Waals surface area contributed by atoms with Crippen LogP contribution in [0.15, 0.2) is 30.3 Å². The molecule has 1 aromatic carbocycles. The van der Waals surface area contributed by atoms with Gasteiger partial charge in [0.2, 0.25) is 5.91 Å². The van der Waals surface area contributed by atoms with Crippen molar-refractivity contribution in [1.29, 1.82) is 0 Å². The van der Waals surface area contributed by atoms with Crippen molar-refractivity contribution >= 4 is 5.91 Å². The third-order valence-corrected chi connectivity index (χ3v) is 4.36. The molecule has 0 radical (unpaired) electrons. The Hall–Kier alpha value is -1.35. The van der Waals surface area contributed by atoms with Gasteiger partial charge in [0.1, 0.15) is 0 Å². The summed E-state index contributed by atoms with van der Waals surface area (Å²) in [5, 5.41) is 6.51. The maximum Gasteiger partial charge on any atom is 0.230 e. The van der Waals surface area contributed by atoms with E-state index in [1.165, 1.54) is 0 Å². The molecule has 19 heavy (non-hydrogen) atoms. The van der Waals surface area contributed by atoms with Crippen molar-refractivity contribution in [3.63, 3.8) is 0 Å². The van der Waals surface area contributed by atoms with Crippen LogP contribution in [-0.4, -0.2) is 25.0 Å². The summed E-state index contributed by atoms with van der Waals surface area (Å²) in [4.78, 5) is 12.7. The van der Waals surface area contributed by atoms with Crippen molar-refractivity contribution in [2.75, 3.05) is 13.1 Å². The Morgan fingerprint density at radius 3 is 2.53 bits per heavy atom. The molecule has 0 spiro atoms. The lowest BCUT2D eigenvalue weighted by atomic mass is 9.75. The number of hydrogen-bond donors (Lipinski definition) is 2. The number of carbonyl (C=O) groups is 1. The summed E-state index contributed by atoms with van der Waals surface area (Å²) in [7, 11) is 0. The van der Waals surface area contributed by atoms with Gasteiger partial charge in [-0.05, 0) is 31.4 Å². The molecule has 0 aromatic heterocycles. The Morgan fingerprint density at radius 1 is 1.32 bits per heavy atom. The van der Waals surface area contributed by atoms with Crippen molar-refractivity contribution in [3.8, 4) is 0 Å². The van der Waals surface area contributed by atoms with Gasteiger partial charge in [0.15, 0.2) is 0 Å². The van der Waals surface area contributed by atoms with Crippen LogP contribution in [0.5, 0.6) is 0 Å². The van der Waals surface area contributed by atoms with E-state index in [2.05, 4.69) is 36.6 Å². The first-order valence-electron chi connectivity index (χ1n) is 7.30. The van der Waals surface area contributed by atoms with Crippen LogP contribution in [0.4, 0.5) is 0 Å². The van der Waals surface area contributed by atoms with Crippen molar-refractivity contribution in [1.82, 2.24) is 10.6 Å². The van der Waals surface area contributed by atoms with Crippen molar-refractivity contribution in [2.45, 2.75) is 44.6 Å². The van der Waals surface area contributed by atoms with E-state index in [9.17, 15) is 4.79 Å². The highest BCUT2D eigenvalue weighted by atomic mass is 16.2. The van der Waals surface area contributed by atoms with Gasteiger partial charge in [-0.3, -0.25) is 4.79 Å². The van der Waals surface area contributed by atoms with Gasteiger partial charge < -0.3 is 10.6 Å². The molecule has 2 N–H and O–H groups in total. The first-order valence-corrected chi connectivity index (χ1v) is 7.30. The molecule has 1 aromatic rings. The summed E-state index contributed by atoms with van der Waals surface area (Å²) in [6.07, 6.45) is 2.70. The number of benzene rings is 1. The van der Waals surface area contributed by atoms with Gasteiger partial charge in [0.25, 0.3) is 0 Å². The van der Waals surface area contributed by atoms with E-state index in [1.54, 1.807) is 0 Å². The predicted molar refractivity (Wildman–Crippen MR) is 78.1 cm³/mol. The molecule has 2 rings (SSSR count). The standard InChI is InChI=1S/C16H24N2O/c1-3-16(4-2,13-8-6-5-7-9-13)15(19)18-14-10-11-17-12-14/h5-9,14,17H,3-4,10-12H2,1-2H3,(H,18,19). The summed E-state index contributed by atoms with van der Waals surface area (Å²) < 4.78 is 0. The summed E-state index contributed by atoms with van der Waals surface area (Å²) in [5.41, 5.74) is 0.743. The van der Waals surface area contributed by atoms with Gasteiger partial charge in [0.05, 0.1) is 5.41 Å². The predicted octanol–water partition coefficient (Wildman–Crippen LogP) is 2.22. The van der Waals surface area contributed by atoms with Crippen LogP contribution in [0.25, 0.3) is 0 Å². The minimum absolute atomic E-state index is 0.178. The Morgan fingerprint density at radius 2 is 2.00 bits per heavy atom. The Balaban J connectivity index is 2.20. The fourth-order valence-electron chi connectivity index (χ4n) is 2.97. The van der Waals surface area contributed by atoms with E-state index in [0.29, 0.717) is 0 Å². The first-order chi connectivity index (χ1) is 9.23. The lowest BCUT2D eigenvalue weighted by Crippen LogP contribution is -2.48. The Bertz CT molecular complexity index is 406. The third-order valence-electron chi connectivity index (χ3n) is 4.36. The molecular formula is C16H24N2O. The highest BCUT2D eigenvalue weighted by molar-refractivity contribution is 5.88. The van der Waals surface area contributed by atoms with Crippen molar-refractivity contribution < 1.29 is 4.79 Å². The maximum atomic E-state index is 12.7. The monoisotopic (exact) mass is 260 g/mol. The van der Waals surface area contributed by atoms with Gasteiger partial charge >= 0.3 is 0 Å². The van der Waals surface area contributed by atoms with Crippen molar-refractivity contribution in [3.05, 3.63) is 35.9 Å². The second-order valence-corrected chi connectivity index (χ2v) is 5.32. The smallest absolute Gasteiger partial charge is 0.230 e. The number of rotatable bonds is 5. The fourth-order valence-corrected chi connectivity index (χ4v) is 2.97. The zero-order chi connectivity index (χ0) is 13.7. The molecular weight excluding hydrogens is 236 g/mol. The van der Waals surface area contributed by atoms with Crippen LogP contribution in [0, 0.1) is 0 Å². The van der Waals surface area contributed by atoms with E-state index in [0.717, 1.165) is 37.9 Å². The van der Waals surface area contributed by atoms with Crippen LogP contribution < -0.4 is 10.6 Å². The largest absolute Gasteiger partial charge is 0.351 e. The van der Waals surface area contributed by atoms with E-state index in [1.807, 2.05) is 18.2 Å². The van der Waals surface area contributed by atoms with E-state index < -0.39 is 0 Å². The van der Waals surface area contributed by atoms with Crippen molar-refractivity contribution in [2.24, 2.45) is 0 Å². The molecule has 0 aliphatic carbocycles. The van der Waals surface area contributed by atoms with Gasteiger partial charge in [-0.15, -0.1) is 0 Å². The average molecular weight is 260 g/mol. The highest BCUT2D eigenvalue weighted by Crippen LogP contribution is 2.32. The molecule has 3 nitrogen and oxygen atoms in total. The van der Waals surface area contributed by atoms with Crippen LogP contribution in [0.1, 0.15) is 38.7 Å². The second kappa shape index (κ2) is 6.20. The zero-order valence-corrected chi connectivity index (χ0v) is 11.9. The molecule has 1 unspecified atom stereocenters. The minimum Gasteiger partial charge on any atom is -0.351 e. The number of hydrogen-bond acceptors (Lipinski definition) is 2. The molecule has 1 aliphatic heterocycles. The topological polar surface area (TPSA) is 41.1 Å². The molecule has 3 heteroatoms. The molecule has 1 atom stereocenters. The quantitative estimate of drug-likeness (QED) is 0.852. The molecule has 0 bridgehead atoms. The van der Waals surface area contributed by atoms with E-state index >= 15 is 0 Å². The lowest BCUT2D eigenvalue weighted by Gasteiger charge is -2.32. The van der Waals surface area contributed by atoms with Gasteiger partial charge in [-0.25, -0.2) is 0 Å². The first kappa shape index (κ1) is 14.1. The Labute approximate surface area is 115 Å². The molecule has 104 valence electrons. The highest BCUT2D eigenvalue weighted by Gasteiger charge is 2.37. The fraction of sp³-hybridized carbons (Fsp3) is 0.562. The number of carbonyl (C=O) groups excluding carboxylic acids is 1. The summed E-state index contributed by atoms with van der Waals surface area (Å²) >= 11 is 0. The lowest BCUT2D eigenvalue weighted by molar-refractivity contribution is -0.127. The number of nitrogens with one attached hydrogen (secondary N) is 2. The number of amides is 1. The molecule has 1 fully saturated rings. The molecule has 1 aliphatic rings. The van der Waals surface area contributed by atoms with Crippen LogP contribution in [-0.2, 0) is 10.2 Å². The van der Waals surface area contributed by atoms with Crippen LogP contribution >= 0.6 is 0 Å². The summed E-state index contributed by atoms with van der Waals surface area (Å²) in [6, 6.07) is 10.4. The second-order valence-electron chi connectivity index (χ2n) is 5.32. The third kappa shape index (κ3) is 2.81. The van der Waals surface area contributed by atoms with Gasteiger partial charge in [-0.1, -0.05) is 44.2 Å². The Kier molecular flexibility index (Phi) is 4.59. The van der Waals surface area contributed by atoms with Crippen LogP contribution in [0.2, 0.25) is 0 Å². The van der Waals surface area contributed by atoms with E-state index in [-0.39, 0.29) is 17.4 Å².